The van der Waals surface area contributed by atoms with Gasteiger partial charge in [0.1, 0.15) is 13.0 Å². The number of hydrogen-bond donors (Lipinski definition) is 0. The first-order valence-corrected chi connectivity index (χ1v) is 2.33. The van der Waals surface area contributed by atoms with Gasteiger partial charge in [0.25, 0.3) is 0 Å². The Morgan fingerprint density at radius 3 is 2.83 bits per heavy atom. The standard InChI is InChI=1S/C5H9O/c1-5-2-3-6-4-5/h3,5H,2,4H2,1H3/q+1/t5-/m0/s1. The smallest absolute Gasteiger partial charge is 0.196 e. The molecular formula is C5H9O+. The van der Waals surface area contributed by atoms with Crippen molar-refractivity contribution in [2.24, 2.45) is 5.92 Å². The zero-order valence-corrected chi connectivity index (χ0v) is 3.98. The summed E-state index contributed by atoms with van der Waals surface area (Å²) in [6.07, 6.45) is 1.14. The van der Waals surface area contributed by atoms with Gasteiger partial charge in [-0.25, -0.2) is 0 Å². The van der Waals surface area contributed by atoms with Crippen molar-refractivity contribution in [1.29, 1.82) is 0 Å². The molecular weight excluding hydrogens is 76.1 g/mol. The third kappa shape index (κ3) is 0.658. The summed E-state index contributed by atoms with van der Waals surface area (Å²) in [6.45, 7) is 4.99. The Kier molecular flexibility index (Phi) is 1.01. The lowest BCUT2D eigenvalue weighted by Gasteiger charge is -1.82. The second-order valence-electron chi connectivity index (χ2n) is 1.84. The fourth-order valence-corrected chi connectivity index (χ4v) is 0.533. The maximum absolute atomic E-state index is 4.93. The van der Waals surface area contributed by atoms with E-state index in [4.69, 9.17) is 4.74 Å². The first kappa shape index (κ1) is 4.00. The fraction of sp³-hybridized carbons (Fsp3) is 0.800. The summed E-state index contributed by atoms with van der Waals surface area (Å²) < 4.78 is 4.93. The van der Waals surface area contributed by atoms with Crippen LogP contribution in [0, 0.1) is 12.5 Å². The van der Waals surface area contributed by atoms with E-state index in [1.54, 1.807) is 0 Å². The Balaban J connectivity index is 2.18. The van der Waals surface area contributed by atoms with Crippen molar-refractivity contribution < 1.29 is 4.74 Å². The van der Waals surface area contributed by atoms with E-state index in [0.717, 1.165) is 18.9 Å². The van der Waals surface area contributed by atoms with Gasteiger partial charge in [0, 0.05) is 5.92 Å². The minimum atomic E-state index is 0.769. The van der Waals surface area contributed by atoms with Crippen molar-refractivity contribution in [2.75, 3.05) is 6.61 Å². The molecule has 1 nitrogen and oxygen atoms in total. The zero-order valence-electron chi connectivity index (χ0n) is 3.98. The van der Waals surface area contributed by atoms with Gasteiger partial charge in [0.15, 0.2) is 0 Å². The molecule has 1 aliphatic rings. The van der Waals surface area contributed by atoms with Gasteiger partial charge in [0.05, 0.1) is 0 Å². The molecule has 0 N–H and O–H groups in total. The van der Waals surface area contributed by atoms with E-state index in [-0.39, 0.29) is 0 Å². The molecule has 0 aliphatic carbocycles. The van der Waals surface area contributed by atoms with Gasteiger partial charge >= 0.3 is 0 Å². The first-order valence-electron chi connectivity index (χ1n) is 2.33. The summed E-state index contributed by atoms with van der Waals surface area (Å²) in [5.74, 6) is 0.769. The van der Waals surface area contributed by atoms with Crippen molar-refractivity contribution in [3.8, 4) is 0 Å². The highest BCUT2D eigenvalue weighted by atomic mass is 16.5. The van der Waals surface area contributed by atoms with Crippen LogP contribution in [-0.4, -0.2) is 6.61 Å². The molecule has 1 saturated heterocycles. The summed E-state index contributed by atoms with van der Waals surface area (Å²) in [6, 6.07) is 0. The second kappa shape index (κ2) is 1.52. The highest BCUT2D eigenvalue weighted by molar-refractivity contribution is 4.65. The molecule has 1 heterocycles. The van der Waals surface area contributed by atoms with E-state index in [1.807, 2.05) is 6.61 Å². The predicted octanol–water partition coefficient (Wildman–Crippen LogP) is 1.20. The van der Waals surface area contributed by atoms with Crippen LogP contribution in [0.3, 0.4) is 0 Å². The quantitative estimate of drug-likeness (QED) is 0.402. The normalized spacial score (nSPS) is 33.2. The van der Waals surface area contributed by atoms with Crippen LogP contribution in [-0.2, 0) is 4.74 Å². The van der Waals surface area contributed by atoms with Gasteiger partial charge in [-0.2, -0.15) is 4.74 Å². The molecule has 1 fully saturated rings. The maximum Gasteiger partial charge on any atom is 0.227 e. The minimum absolute atomic E-state index is 0.769. The topological polar surface area (TPSA) is 9.23 Å². The van der Waals surface area contributed by atoms with Gasteiger partial charge in [-0.1, -0.05) is 6.92 Å². The molecule has 0 aromatic carbocycles. The Morgan fingerprint density at radius 1 is 1.83 bits per heavy atom. The molecule has 0 saturated carbocycles. The largest absolute Gasteiger partial charge is 0.227 e. The Bertz CT molecular complexity index is 37.2. The van der Waals surface area contributed by atoms with Crippen LogP contribution in [0.15, 0.2) is 0 Å². The van der Waals surface area contributed by atoms with Gasteiger partial charge in [-0.3, -0.25) is 0 Å². The molecule has 1 heteroatoms. The van der Waals surface area contributed by atoms with Crippen LogP contribution < -0.4 is 0 Å². The minimum Gasteiger partial charge on any atom is -0.196 e. The Morgan fingerprint density at radius 2 is 2.67 bits per heavy atom. The van der Waals surface area contributed by atoms with Crippen LogP contribution in [0.2, 0.25) is 0 Å². The summed E-state index contributed by atoms with van der Waals surface area (Å²) in [5.41, 5.74) is 0. The third-order valence-electron chi connectivity index (χ3n) is 0.997. The zero-order chi connectivity index (χ0) is 4.41. The molecule has 0 radical (unpaired) electrons. The van der Waals surface area contributed by atoms with E-state index < -0.39 is 0 Å². The first-order chi connectivity index (χ1) is 2.89. The molecule has 0 unspecified atom stereocenters. The lowest BCUT2D eigenvalue weighted by molar-refractivity contribution is 0.238. The van der Waals surface area contributed by atoms with Crippen LogP contribution in [0.1, 0.15) is 13.3 Å². The Labute approximate surface area is 38.3 Å². The highest BCUT2D eigenvalue weighted by Gasteiger charge is 2.18. The molecule has 0 aromatic heterocycles. The predicted molar refractivity (Wildman–Crippen MR) is 24.0 cm³/mol. The maximum atomic E-state index is 4.93. The summed E-state index contributed by atoms with van der Waals surface area (Å²) in [5, 5.41) is 0. The molecule has 0 bridgehead atoms. The summed E-state index contributed by atoms with van der Waals surface area (Å²) >= 11 is 0. The van der Waals surface area contributed by atoms with Crippen LogP contribution in [0.5, 0.6) is 0 Å². The molecule has 0 amide bonds. The average molecular weight is 85.1 g/mol. The van der Waals surface area contributed by atoms with Crippen molar-refractivity contribution in [1.82, 2.24) is 0 Å². The van der Waals surface area contributed by atoms with E-state index in [1.165, 1.54) is 0 Å². The van der Waals surface area contributed by atoms with Crippen molar-refractivity contribution >= 4 is 0 Å². The molecule has 1 atom stereocenters. The fourth-order valence-electron chi connectivity index (χ4n) is 0.533. The number of ether oxygens (including phenoxy) is 1. The van der Waals surface area contributed by atoms with Crippen LogP contribution in [0.25, 0.3) is 0 Å². The summed E-state index contributed by atoms with van der Waals surface area (Å²) in [7, 11) is 0. The van der Waals surface area contributed by atoms with Crippen molar-refractivity contribution in [3.63, 3.8) is 0 Å². The molecule has 6 heavy (non-hydrogen) atoms. The van der Waals surface area contributed by atoms with Crippen LogP contribution in [0.4, 0.5) is 0 Å². The molecule has 34 valence electrons. The van der Waals surface area contributed by atoms with E-state index in [2.05, 4.69) is 6.92 Å². The van der Waals surface area contributed by atoms with E-state index >= 15 is 0 Å². The Hall–Kier alpha value is -0.170. The lowest BCUT2D eigenvalue weighted by atomic mass is 10.2. The van der Waals surface area contributed by atoms with Crippen molar-refractivity contribution in [2.45, 2.75) is 13.3 Å². The number of rotatable bonds is 0. The molecule has 1 aliphatic heterocycles. The van der Waals surface area contributed by atoms with Gasteiger partial charge < -0.3 is 0 Å². The average Bonchev–Trinajstić information content (AvgIpc) is 1.86. The molecule has 0 aromatic rings. The molecule has 1 rings (SSSR count). The van der Waals surface area contributed by atoms with Gasteiger partial charge in [-0.05, 0) is 0 Å². The second-order valence-corrected chi connectivity index (χ2v) is 1.84. The van der Waals surface area contributed by atoms with Gasteiger partial charge in [0.2, 0.25) is 6.61 Å². The summed E-state index contributed by atoms with van der Waals surface area (Å²) in [4.78, 5) is 0. The lowest BCUT2D eigenvalue weighted by Crippen LogP contribution is -1.88. The van der Waals surface area contributed by atoms with Crippen molar-refractivity contribution in [3.05, 3.63) is 6.61 Å². The van der Waals surface area contributed by atoms with Crippen LogP contribution >= 0.6 is 0 Å². The number of hydrogen-bond acceptors (Lipinski definition) is 1. The highest BCUT2D eigenvalue weighted by Crippen LogP contribution is 2.13. The third-order valence-corrected chi connectivity index (χ3v) is 0.997. The van der Waals surface area contributed by atoms with Gasteiger partial charge in [-0.15, -0.1) is 0 Å². The van der Waals surface area contributed by atoms with E-state index in [0.29, 0.717) is 0 Å². The SMILES string of the molecule is C[C@H]1C[CH+]OC1. The molecule has 0 spiro atoms. The monoisotopic (exact) mass is 85.1 g/mol. The van der Waals surface area contributed by atoms with E-state index in [9.17, 15) is 0 Å².